The zero-order valence-corrected chi connectivity index (χ0v) is 22.3. The highest BCUT2D eigenvalue weighted by molar-refractivity contribution is 6.10. The van der Waals surface area contributed by atoms with Crippen molar-refractivity contribution in [2.24, 2.45) is 0 Å². The Balaban J connectivity index is 1.52. The van der Waals surface area contributed by atoms with Crippen molar-refractivity contribution in [2.75, 3.05) is 0 Å². The van der Waals surface area contributed by atoms with E-state index in [1.807, 2.05) is 18.2 Å². The van der Waals surface area contributed by atoms with Crippen molar-refractivity contribution in [1.82, 2.24) is 15.0 Å². The van der Waals surface area contributed by atoms with Gasteiger partial charge in [-0.05, 0) is 36.4 Å². The summed E-state index contributed by atoms with van der Waals surface area (Å²) in [6.07, 6.45) is 0. The lowest BCUT2D eigenvalue weighted by Crippen LogP contribution is -2.22. The minimum Gasteiger partial charge on any atom is -0.455 e. The van der Waals surface area contributed by atoms with E-state index >= 15 is 0 Å². The molecule has 37 heavy (non-hydrogen) atoms. The lowest BCUT2D eigenvalue weighted by atomic mass is 9.89. The minimum absolute atomic E-state index is 0.0804. The van der Waals surface area contributed by atoms with Crippen LogP contribution in [0.5, 0.6) is 0 Å². The highest BCUT2D eigenvalue weighted by Crippen LogP contribution is 2.38. The number of pyridine rings is 1. The molecule has 0 bridgehead atoms. The molecule has 0 aliphatic heterocycles. The van der Waals surface area contributed by atoms with Crippen LogP contribution >= 0.6 is 0 Å². The van der Waals surface area contributed by atoms with Gasteiger partial charge in [-0.2, -0.15) is 0 Å². The number of aromatic nitrogens is 3. The van der Waals surface area contributed by atoms with Crippen molar-refractivity contribution in [3.63, 3.8) is 0 Å². The normalized spacial score (nSPS) is 12.6. The highest BCUT2D eigenvalue weighted by atomic mass is 16.3. The Labute approximate surface area is 217 Å². The van der Waals surface area contributed by atoms with E-state index < -0.39 is 0 Å². The number of rotatable bonds is 2. The summed E-state index contributed by atoms with van der Waals surface area (Å²) in [5.41, 5.74) is 7.32. The molecule has 6 aromatic rings. The summed E-state index contributed by atoms with van der Waals surface area (Å²) in [7, 11) is 0. The third-order valence-electron chi connectivity index (χ3n) is 6.83. The van der Waals surface area contributed by atoms with Crippen molar-refractivity contribution in [1.29, 1.82) is 0 Å². The van der Waals surface area contributed by atoms with Crippen molar-refractivity contribution < 1.29 is 4.42 Å². The molecule has 0 amide bonds. The second-order valence-corrected chi connectivity index (χ2v) is 11.8. The van der Waals surface area contributed by atoms with Crippen LogP contribution in [-0.4, -0.2) is 15.0 Å². The lowest BCUT2D eigenvalue weighted by molar-refractivity contribution is 0.514. The van der Waals surface area contributed by atoms with Gasteiger partial charge in [0.2, 0.25) is 0 Å². The molecular weight excluding hydrogens is 454 g/mol. The summed E-state index contributed by atoms with van der Waals surface area (Å²) >= 11 is 0. The second kappa shape index (κ2) is 8.24. The van der Waals surface area contributed by atoms with Crippen LogP contribution in [0.1, 0.15) is 53.1 Å². The van der Waals surface area contributed by atoms with Crippen LogP contribution in [0.25, 0.3) is 55.4 Å². The lowest BCUT2D eigenvalue weighted by Gasteiger charge is -2.23. The standard InChI is InChI=1S/C33H31N3O/c1-32(2,3)29-19-27(35-31(36-29)33(4,5)6)21-14-16-22-23-11-9-12-24(30(23)37-28(22)18-21)26-17-15-20-10-7-8-13-25(20)34-26/h7-19H,1-6H3. The van der Waals surface area contributed by atoms with Gasteiger partial charge in [0.05, 0.1) is 22.6 Å². The molecule has 0 radical (unpaired) electrons. The average Bonchev–Trinajstić information content (AvgIpc) is 3.25. The van der Waals surface area contributed by atoms with Crippen LogP contribution in [0.15, 0.2) is 83.3 Å². The van der Waals surface area contributed by atoms with Gasteiger partial charge in [-0.15, -0.1) is 0 Å². The van der Waals surface area contributed by atoms with E-state index in [1.54, 1.807) is 0 Å². The SMILES string of the molecule is CC(C)(C)c1cc(-c2ccc3c(c2)oc2c(-c4ccc5ccccc5n4)cccc23)nc(C(C)(C)C)n1. The molecule has 0 spiro atoms. The van der Waals surface area contributed by atoms with Gasteiger partial charge in [0.15, 0.2) is 0 Å². The first-order valence-corrected chi connectivity index (χ1v) is 12.8. The van der Waals surface area contributed by atoms with Crippen LogP contribution in [0.4, 0.5) is 0 Å². The molecule has 3 aromatic carbocycles. The first-order valence-electron chi connectivity index (χ1n) is 12.8. The van der Waals surface area contributed by atoms with E-state index in [-0.39, 0.29) is 10.8 Å². The summed E-state index contributed by atoms with van der Waals surface area (Å²) in [4.78, 5) is 14.8. The van der Waals surface area contributed by atoms with Gasteiger partial charge < -0.3 is 4.42 Å². The highest BCUT2D eigenvalue weighted by Gasteiger charge is 2.24. The average molecular weight is 486 g/mol. The second-order valence-electron chi connectivity index (χ2n) is 11.8. The Morgan fingerprint density at radius 3 is 2.22 bits per heavy atom. The van der Waals surface area contributed by atoms with Crippen molar-refractivity contribution in [2.45, 2.75) is 52.4 Å². The molecule has 0 saturated carbocycles. The number of para-hydroxylation sites is 2. The molecule has 6 rings (SSSR count). The van der Waals surface area contributed by atoms with Crippen LogP contribution in [0.3, 0.4) is 0 Å². The first kappa shape index (κ1) is 23.4. The third kappa shape index (κ3) is 4.17. The van der Waals surface area contributed by atoms with Gasteiger partial charge >= 0.3 is 0 Å². The maximum atomic E-state index is 6.52. The molecule has 4 heteroatoms. The molecule has 4 nitrogen and oxygen atoms in total. The quantitative estimate of drug-likeness (QED) is 0.246. The molecule has 184 valence electrons. The van der Waals surface area contributed by atoms with E-state index in [2.05, 4.69) is 102 Å². The smallest absolute Gasteiger partial charge is 0.144 e. The van der Waals surface area contributed by atoms with E-state index in [1.165, 1.54) is 0 Å². The molecule has 0 aliphatic rings. The predicted octanol–water partition coefficient (Wildman–Crippen LogP) is 8.85. The Hall–Kier alpha value is -4.05. The van der Waals surface area contributed by atoms with E-state index in [9.17, 15) is 0 Å². The number of nitrogens with zero attached hydrogens (tertiary/aromatic N) is 3. The molecular formula is C33H31N3O. The summed E-state index contributed by atoms with van der Waals surface area (Å²) < 4.78 is 6.52. The Bertz CT molecular complexity index is 1770. The molecule has 3 aromatic heterocycles. The Kier molecular flexibility index (Phi) is 5.20. The van der Waals surface area contributed by atoms with Gasteiger partial charge in [0, 0.05) is 38.1 Å². The fraction of sp³-hybridized carbons (Fsp3) is 0.242. The number of furan rings is 1. The van der Waals surface area contributed by atoms with Gasteiger partial charge in [-0.3, -0.25) is 0 Å². The molecule has 0 saturated heterocycles. The zero-order chi connectivity index (χ0) is 25.9. The number of hydrogen-bond acceptors (Lipinski definition) is 4. The van der Waals surface area contributed by atoms with Gasteiger partial charge in [-0.1, -0.05) is 84.0 Å². The van der Waals surface area contributed by atoms with E-state index in [0.717, 1.165) is 66.9 Å². The van der Waals surface area contributed by atoms with Crippen LogP contribution in [0, 0.1) is 0 Å². The van der Waals surface area contributed by atoms with E-state index in [0.29, 0.717) is 0 Å². The van der Waals surface area contributed by atoms with Gasteiger partial charge in [0.1, 0.15) is 17.0 Å². The maximum Gasteiger partial charge on any atom is 0.144 e. The minimum atomic E-state index is -0.152. The molecule has 3 heterocycles. The number of fused-ring (bicyclic) bond motifs is 4. The van der Waals surface area contributed by atoms with Crippen LogP contribution in [-0.2, 0) is 10.8 Å². The molecule has 0 fully saturated rings. The van der Waals surface area contributed by atoms with Crippen molar-refractivity contribution in [3.05, 3.63) is 90.4 Å². The number of hydrogen-bond donors (Lipinski definition) is 0. The predicted molar refractivity (Wildman–Crippen MR) is 153 cm³/mol. The van der Waals surface area contributed by atoms with E-state index in [4.69, 9.17) is 19.4 Å². The summed E-state index contributed by atoms with van der Waals surface area (Å²) in [6.45, 7) is 13.0. The largest absolute Gasteiger partial charge is 0.455 e. The fourth-order valence-corrected chi connectivity index (χ4v) is 4.69. The van der Waals surface area contributed by atoms with Gasteiger partial charge in [-0.25, -0.2) is 15.0 Å². The molecule has 0 unspecified atom stereocenters. The maximum absolute atomic E-state index is 6.52. The third-order valence-corrected chi connectivity index (χ3v) is 6.83. The van der Waals surface area contributed by atoms with Crippen LogP contribution < -0.4 is 0 Å². The monoisotopic (exact) mass is 485 g/mol. The molecule has 0 atom stereocenters. The van der Waals surface area contributed by atoms with Crippen molar-refractivity contribution in [3.8, 4) is 22.5 Å². The topological polar surface area (TPSA) is 51.8 Å². The first-order chi connectivity index (χ1) is 17.6. The van der Waals surface area contributed by atoms with Crippen LogP contribution in [0.2, 0.25) is 0 Å². The number of benzene rings is 3. The fourth-order valence-electron chi connectivity index (χ4n) is 4.69. The van der Waals surface area contributed by atoms with Gasteiger partial charge in [0.25, 0.3) is 0 Å². The van der Waals surface area contributed by atoms with Crippen molar-refractivity contribution >= 4 is 32.8 Å². The summed E-state index contributed by atoms with van der Waals surface area (Å²) in [5, 5.41) is 3.30. The molecule has 0 N–H and O–H groups in total. The Morgan fingerprint density at radius 1 is 0.622 bits per heavy atom. The summed E-state index contributed by atoms with van der Waals surface area (Å²) in [5.74, 6) is 0.851. The zero-order valence-electron chi connectivity index (χ0n) is 22.3. The Morgan fingerprint density at radius 2 is 1.43 bits per heavy atom. The molecule has 0 aliphatic carbocycles. The summed E-state index contributed by atoms with van der Waals surface area (Å²) in [6, 6.07) is 27.1.